The number of rotatable bonds is 7. The van der Waals surface area contributed by atoms with Crippen LogP contribution < -0.4 is 19.5 Å². The lowest BCUT2D eigenvalue weighted by Crippen LogP contribution is -2.49. The summed E-state index contributed by atoms with van der Waals surface area (Å²) in [6.07, 6.45) is 2.93. The first-order valence-corrected chi connectivity index (χ1v) is 9.67. The summed E-state index contributed by atoms with van der Waals surface area (Å²) < 4.78 is 16.3. The van der Waals surface area contributed by atoms with Crippen molar-refractivity contribution >= 4 is 30.7 Å². The summed E-state index contributed by atoms with van der Waals surface area (Å²) in [5.41, 5.74) is 1.11. The molecule has 9 heteroatoms. The van der Waals surface area contributed by atoms with Crippen LogP contribution >= 0.6 is 24.8 Å². The number of piperazine rings is 1. The summed E-state index contributed by atoms with van der Waals surface area (Å²) in [6, 6.07) is 4.35. The van der Waals surface area contributed by atoms with E-state index in [-0.39, 0.29) is 30.7 Å². The fourth-order valence-corrected chi connectivity index (χ4v) is 3.91. The van der Waals surface area contributed by atoms with Crippen molar-refractivity contribution in [2.24, 2.45) is 0 Å². The second kappa shape index (κ2) is 12.3. The van der Waals surface area contributed by atoms with E-state index in [2.05, 4.69) is 10.2 Å². The fraction of sp³-hybridized carbons (Fsp3) is 0.650. The lowest BCUT2D eigenvalue weighted by Gasteiger charge is -2.35. The first-order valence-electron chi connectivity index (χ1n) is 9.67. The van der Waals surface area contributed by atoms with Crippen LogP contribution in [0, 0.1) is 0 Å². The molecule has 2 fully saturated rings. The van der Waals surface area contributed by atoms with Gasteiger partial charge in [-0.1, -0.05) is 0 Å². The molecule has 0 bridgehead atoms. The molecule has 2 heterocycles. The highest BCUT2D eigenvalue weighted by Gasteiger charge is 2.25. The monoisotopic (exact) mass is 449 g/mol. The molecule has 0 saturated carbocycles. The van der Waals surface area contributed by atoms with Gasteiger partial charge in [0.2, 0.25) is 11.7 Å². The third kappa shape index (κ3) is 6.54. The van der Waals surface area contributed by atoms with Crippen LogP contribution in [0.2, 0.25) is 0 Å². The smallest absolute Gasteiger partial charge is 0.224 e. The minimum absolute atomic E-state index is 0. The highest BCUT2D eigenvalue weighted by molar-refractivity contribution is 5.85. The lowest BCUT2D eigenvalue weighted by atomic mass is 10.1. The van der Waals surface area contributed by atoms with E-state index in [4.69, 9.17) is 14.2 Å². The number of halogens is 2. The topological polar surface area (TPSA) is 63.3 Å². The van der Waals surface area contributed by atoms with Gasteiger partial charge >= 0.3 is 0 Å². The molecule has 2 saturated heterocycles. The van der Waals surface area contributed by atoms with Crippen molar-refractivity contribution in [2.75, 3.05) is 54.1 Å². The number of hydrogen-bond donors (Lipinski definition) is 1. The molecule has 1 amide bonds. The number of amides is 1. The Morgan fingerprint density at radius 3 is 2.14 bits per heavy atom. The molecule has 0 radical (unpaired) electrons. The number of benzene rings is 1. The maximum Gasteiger partial charge on any atom is 0.224 e. The Morgan fingerprint density at radius 2 is 1.66 bits per heavy atom. The summed E-state index contributed by atoms with van der Waals surface area (Å²) in [5, 5.41) is 3.41. The van der Waals surface area contributed by atoms with Gasteiger partial charge in [-0.05, 0) is 37.1 Å². The van der Waals surface area contributed by atoms with Gasteiger partial charge in [0, 0.05) is 45.2 Å². The Labute approximate surface area is 185 Å². The summed E-state index contributed by atoms with van der Waals surface area (Å²) in [5.74, 6) is 2.23. The molecule has 166 valence electrons. The van der Waals surface area contributed by atoms with Crippen LogP contribution in [0.25, 0.3) is 0 Å². The number of methoxy groups -OCH3 is 3. The van der Waals surface area contributed by atoms with E-state index >= 15 is 0 Å². The Bertz CT molecular complexity index is 624. The van der Waals surface area contributed by atoms with Gasteiger partial charge in [-0.25, -0.2) is 0 Å². The van der Waals surface area contributed by atoms with E-state index < -0.39 is 0 Å². The predicted octanol–water partition coefficient (Wildman–Crippen LogP) is 2.34. The molecule has 29 heavy (non-hydrogen) atoms. The molecule has 1 aromatic rings. The Kier molecular flexibility index (Phi) is 10.9. The zero-order chi connectivity index (χ0) is 19.2. The van der Waals surface area contributed by atoms with Crippen LogP contribution in [0.15, 0.2) is 12.1 Å². The second-order valence-corrected chi connectivity index (χ2v) is 7.19. The molecule has 0 aromatic heterocycles. The second-order valence-electron chi connectivity index (χ2n) is 7.19. The van der Waals surface area contributed by atoms with Gasteiger partial charge in [-0.15, -0.1) is 24.8 Å². The zero-order valence-electron chi connectivity index (χ0n) is 17.4. The van der Waals surface area contributed by atoms with E-state index in [9.17, 15) is 4.79 Å². The maximum atomic E-state index is 12.5. The van der Waals surface area contributed by atoms with Crippen LogP contribution in [-0.4, -0.2) is 75.8 Å². The molecule has 3 rings (SSSR count). The Hall–Kier alpha value is -1.41. The minimum Gasteiger partial charge on any atom is -0.493 e. The van der Waals surface area contributed by atoms with Crippen molar-refractivity contribution in [1.82, 2.24) is 15.1 Å². The van der Waals surface area contributed by atoms with Gasteiger partial charge in [0.05, 0.1) is 21.3 Å². The van der Waals surface area contributed by atoms with E-state index in [0.29, 0.717) is 29.7 Å². The molecule has 1 N–H and O–H groups in total. The third-order valence-electron chi connectivity index (χ3n) is 5.44. The largest absolute Gasteiger partial charge is 0.493 e. The molecular weight excluding hydrogens is 417 g/mol. The van der Waals surface area contributed by atoms with Gasteiger partial charge in [0.1, 0.15) is 0 Å². The molecule has 2 aliphatic heterocycles. The third-order valence-corrected chi connectivity index (χ3v) is 5.44. The summed E-state index contributed by atoms with van der Waals surface area (Å²) in [7, 11) is 4.87. The average molecular weight is 450 g/mol. The highest BCUT2D eigenvalue weighted by atomic mass is 35.5. The summed E-state index contributed by atoms with van der Waals surface area (Å²) in [6.45, 7) is 5.16. The van der Waals surface area contributed by atoms with Crippen molar-refractivity contribution in [3.63, 3.8) is 0 Å². The van der Waals surface area contributed by atoms with Gasteiger partial charge in [-0.2, -0.15) is 0 Å². The first-order chi connectivity index (χ1) is 13.1. The number of nitrogens with one attached hydrogen (secondary N) is 1. The molecule has 7 nitrogen and oxygen atoms in total. The van der Waals surface area contributed by atoms with Crippen molar-refractivity contribution in [2.45, 2.75) is 31.8 Å². The normalized spacial score (nSPS) is 19.1. The van der Waals surface area contributed by atoms with Crippen molar-refractivity contribution in [3.05, 3.63) is 17.7 Å². The van der Waals surface area contributed by atoms with E-state index in [1.807, 2.05) is 17.0 Å². The maximum absolute atomic E-state index is 12.5. The number of hydrogen-bond acceptors (Lipinski definition) is 6. The van der Waals surface area contributed by atoms with E-state index in [0.717, 1.165) is 51.3 Å². The minimum atomic E-state index is 0. The number of ether oxygens (including phenoxy) is 3. The number of carbonyl (C=O) groups is 1. The van der Waals surface area contributed by atoms with Crippen LogP contribution in [-0.2, 0) is 11.3 Å². The Morgan fingerprint density at radius 1 is 1.03 bits per heavy atom. The lowest BCUT2D eigenvalue weighted by molar-refractivity contribution is -0.133. The summed E-state index contributed by atoms with van der Waals surface area (Å²) >= 11 is 0. The van der Waals surface area contributed by atoms with Gasteiger partial charge in [-0.3, -0.25) is 9.69 Å². The molecule has 2 aliphatic rings. The quantitative estimate of drug-likeness (QED) is 0.688. The van der Waals surface area contributed by atoms with E-state index in [1.165, 1.54) is 6.42 Å². The molecule has 1 aromatic carbocycles. The molecule has 0 spiro atoms. The van der Waals surface area contributed by atoms with Gasteiger partial charge in [0.25, 0.3) is 0 Å². The summed E-state index contributed by atoms with van der Waals surface area (Å²) in [4.78, 5) is 16.8. The molecule has 1 unspecified atom stereocenters. The standard InChI is InChI=1S/C20H31N3O4.2ClH/c1-25-17-11-15(12-18(26-2)20(17)27-3)14-22-7-9-23(10-8-22)19(24)13-16-5-4-6-21-16;;/h11-12,16,21H,4-10,13-14H2,1-3H3;2*1H. The fourth-order valence-electron chi connectivity index (χ4n) is 3.91. The first kappa shape index (κ1) is 25.6. The van der Waals surface area contributed by atoms with Crippen molar-refractivity contribution < 1.29 is 19.0 Å². The highest BCUT2D eigenvalue weighted by Crippen LogP contribution is 2.38. The molecule has 0 aliphatic carbocycles. The number of nitrogens with zero attached hydrogens (tertiary/aromatic N) is 2. The van der Waals surface area contributed by atoms with Crippen molar-refractivity contribution in [1.29, 1.82) is 0 Å². The van der Waals surface area contributed by atoms with Crippen LogP contribution in [0.4, 0.5) is 0 Å². The predicted molar refractivity (Wildman–Crippen MR) is 118 cm³/mol. The SMILES string of the molecule is COc1cc(CN2CCN(C(=O)CC3CCCN3)CC2)cc(OC)c1OC.Cl.Cl. The van der Waals surface area contributed by atoms with Gasteiger partial charge < -0.3 is 24.4 Å². The zero-order valence-corrected chi connectivity index (χ0v) is 19.1. The van der Waals surface area contributed by atoms with E-state index in [1.54, 1.807) is 21.3 Å². The molecule has 1 atom stereocenters. The number of carbonyl (C=O) groups excluding carboxylic acids is 1. The van der Waals surface area contributed by atoms with Crippen LogP contribution in [0.5, 0.6) is 17.2 Å². The van der Waals surface area contributed by atoms with Gasteiger partial charge in [0.15, 0.2) is 11.5 Å². The van der Waals surface area contributed by atoms with Crippen molar-refractivity contribution in [3.8, 4) is 17.2 Å². The van der Waals surface area contributed by atoms with Crippen LogP contribution in [0.3, 0.4) is 0 Å². The average Bonchev–Trinajstić information content (AvgIpc) is 3.20. The molecular formula is C20H33Cl2N3O4. The van der Waals surface area contributed by atoms with Crippen LogP contribution in [0.1, 0.15) is 24.8 Å². The Balaban J connectivity index is 0.00000210.